The Balaban J connectivity index is 1.72. The van der Waals surface area contributed by atoms with Crippen molar-refractivity contribution in [3.63, 3.8) is 0 Å². The van der Waals surface area contributed by atoms with Gasteiger partial charge in [0.1, 0.15) is 6.04 Å². The van der Waals surface area contributed by atoms with Crippen LogP contribution in [0.2, 0.25) is 5.02 Å². The molecule has 0 unspecified atom stereocenters. The number of benzene rings is 2. The van der Waals surface area contributed by atoms with Gasteiger partial charge in [-0.25, -0.2) is 0 Å². The van der Waals surface area contributed by atoms with Crippen molar-refractivity contribution < 1.29 is 19.1 Å². The van der Waals surface area contributed by atoms with Crippen LogP contribution in [0.25, 0.3) is 0 Å². The second kappa shape index (κ2) is 13.4. The molecule has 1 atom stereocenters. The highest BCUT2D eigenvalue weighted by Gasteiger charge is 2.28. The lowest BCUT2D eigenvalue weighted by Crippen LogP contribution is -2.49. The molecule has 1 N–H and O–H groups in total. The predicted molar refractivity (Wildman–Crippen MR) is 139 cm³/mol. The molecule has 1 aliphatic rings. The molecule has 0 radical (unpaired) electrons. The number of carbonyl (C=O) groups excluding carboxylic acids is 2. The summed E-state index contributed by atoms with van der Waals surface area (Å²) in [7, 11) is 0. The molecule has 0 bridgehead atoms. The van der Waals surface area contributed by atoms with Crippen LogP contribution in [0.3, 0.4) is 0 Å². The van der Waals surface area contributed by atoms with Gasteiger partial charge in [0.2, 0.25) is 11.8 Å². The zero-order chi connectivity index (χ0) is 25.2. The quantitative estimate of drug-likeness (QED) is 0.415. The normalized spacial score (nSPS) is 14.4. The van der Waals surface area contributed by atoms with Crippen molar-refractivity contribution >= 4 is 23.4 Å². The van der Waals surface area contributed by atoms with Gasteiger partial charge in [-0.15, -0.1) is 0 Å². The number of rotatable bonds is 12. The van der Waals surface area contributed by atoms with Gasteiger partial charge < -0.3 is 19.7 Å². The lowest BCUT2D eigenvalue weighted by atomic mass is 10.1. The molecule has 3 rings (SSSR count). The van der Waals surface area contributed by atoms with Gasteiger partial charge in [0.15, 0.2) is 11.5 Å². The summed E-state index contributed by atoms with van der Waals surface area (Å²) in [5, 5.41) is 3.74. The lowest BCUT2D eigenvalue weighted by Gasteiger charge is -2.30. The van der Waals surface area contributed by atoms with Crippen molar-refractivity contribution in [2.45, 2.75) is 77.9 Å². The molecule has 2 aromatic rings. The Morgan fingerprint density at radius 3 is 2.43 bits per heavy atom. The van der Waals surface area contributed by atoms with Gasteiger partial charge >= 0.3 is 0 Å². The number of aryl methyl sites for hydroxylation is 1. The van der Waals surface area contributed by atoms with E-state index >= 15 is 0 Å². The molecule has 6 nitrogen and oxygen atoms in total. The molecule has 0 saturated heterocycles. The van der Waals surface area contributed by atoms with Crippen LogP contribution < -0.4 is 14.8 Å². The first-order valence-electron chi connectivity index (χ1n) is 12.6. The fourth-order valence-electron chi connectivity index (χ4n) is 4.45. The predicted octanol–water partition coefficient (Wildman–Crippen LogP) is 5.55. The third kappa shape index (κ3) is 7.89. The van der Waals surface area contributed by atoms with Gasteiger partial charge in [-0.3, -0.25) is 9.59 Å². The lowest BCUT2D eigenvalue weighted by molar-refractivity contribution is -0.140. The van der Waals surface area contributed by atoms with Crippen LogP contribution in [0.4, 0.5) is 0 Å². The molecule has 7 heteroatoms. The zero-order valence-corrected chi connectivity index (χ0v) is 21.8. The largest absolute Gasteiger partial charge is 0.490 e. The molecule has 0 spiro atoms. The van der Waals surface area contributed by atoms with Crippen LogP contribution in [-0.2, 0) is 22.6 Å². The summed E-state index contributed by atoms with van der Waals surface area (Å²) in [5.41, 5.74) is 1.88. The Labute approximate surface area is 213 Å². The number of amides is 2. The van der Waals surface area contributed by atoms with E-state index in [0.717, 1.165) is 36.8 Å². The highest BCUT2D eigenvalue weighted by Crippen LogP contribution is 2.29. The average molecular weight is 501 g/mol. The Morgan fingerprint density at radius 2 is 1.74 bits per heavy atom. The van der Waals surface area contributed by atoms with E-state index in [4.69, 9.17) is 21.1 Å². The molecule has 1 fully saturated rings. The summed E-state index contributed by atoms with van der Waals surface area (Å²) in [6.07, 6.45) is 5.09. The average Bonchev–Trinajstić information content (AvgIpc) is 3.35. The summed E-state index contributed by atoms with van der Waals surface area (Å²) >= 11 is 6.18. The van der Waals surface area contributed by atoms with Crippen LogP contribution in [-0.4, -0.2) is 42.0 Å². The second-order valence-corrected chi connectivity index (χ2v) is 9.40. The van der Waals surface area contributed by atoms with Crippen LogP contribution in [0.5, 0.6) is 11.5 Å². The van der Waals surface area contributed by atoms with Crippen molar-refractivity contribution in [1.82, 2.24) is 10.2 Å². The maximum absolute atomic E-state index is 13.4. The smallest absolute Gasteiger partial charge is 0.242 e. The van der Waals surface area contributed by atoms with Gasteiger partial charge in [-0.05, 0) is 75.4 Å². The topological polar surface area (TPSA) is 67.9 Å². The third-order valence-electron chi connectivity index (χ3n) is 6.35. The van der Waals surface area contributed by atoms with Crippen molar-refractivity contribution in [2.24, 2.45) is 0 Å². The fourth-order valence-corrected chi connectivity index (χ4v) is 4.67. The van der Waals surface area contributed by atoms with E-state index in [1.54, 1.807) is 17.9 Å². The Bertz CT molecular complexity index is 991. The third-order valence-corrected chi connectivity index (χ3v) is 6.58. The number of carbonyl (C=O) groups is 2. The van der Waals surface area contributed by atoms with E-state index in [-0.39, 0.29) is 24.3 Å². The summed E-state index contributed by atoms with van der Waals surface area (Å²) < 4.78 is 11.4. The molecule has 1 aliphatic carbocycles. The number of hydrogen-bond donors (Lipinski definition) is 1. The van der Waals surface area contributed by atoms with E-state index < -0.39 is 6.04 Å². The molecule has 0 aromatic heterocycles. The number of nitrogens with one attached hydrogen (secondary N) is 1. The van der Waals surface area contributed by atoms with E-state index in [1.165, 1.54) is 0 Å². The van der Waals surface area contributed by atoms with Gasteiger partial charge in [-0.1, -0.05) is 42.6 Å². The Morgan fingerprint density at radius 1 is 1.03 bits per heavy atom. The Hall–Kier alpha value is -2.73. The molecule has 190 valence electrons. The first-order chi connectivity index (χ1) is 16.9. The zero-order valence-electron chi connectivity index (χ0n) is 21.0. The number of ether oxygens (including phenoxy) is 2. The molecule has 0 aliphatic heterocycles. The van der Waals surface area contributed by atoms with E-state index in [9.17, 15) is 9.59 Å². The van der Waals surface area contributed by atoms with Crippen molar-refractivity contribution in [1.29, 1.82) is 0 Å². The maximum Gasteiger partial charge on any atom is 0.242 e. The number of hydrogen-bond acceptors (Lipinski definition) is 4. The monoisotopic (exact) mass is 500 g/mol. The molecule has 35 heavy (non-hydrogen) atoms. The molecule has 2 aromatic carbocycles. The van der Waals surface area contributed by atoms with Gasteiger partial charge in [0.05, 0.1) is 13.2 Å². The molecular formula is C28H37ClN2O4. The number of halogens is 1. The van der Waals surface area contributed by atoms with Gasteiger partial charge in [-0.2, -0.15) is 0 Å². The van der Waals surface area contributed by atoms with Crippen LogP contribution in [0.1, 0.15) is 64.0 Å². The first kappa shape index (κ1) is 26.9. The van der Waals surface area contributed by atoms with Crippen LogP contribution >= 0.6 is 11.6 Å². The SMILES string of the molecule is CCOc1ccc(CCC(=O)N(Cc2cccc(Cl)c2)[C@@H](C)C(=O)NC2CCCC2)cc1OCC. The van der Waals surface area contributed by atoms with E-state index in [1.807, 2.05) is 50.2 Å². The minimum Gasteiger partial charge on any atom is -0.490 e. The highest BCUT2D eigenvalue weighted by molar-refractivity contribution is 6.30. The summed E-state index contributed by atoms with van der Waals surface area (Å²) in [5.74, 6) is 1.20. The van der Waals surface area contributed by atoms with Crippen molar-refractivity contribution in [3.05, 3.63) is 58.6 Å². The number of nitrogens with zero attached hydrogens (tertiary/aromatic N) is 1. The highest BCUT2D eigenvalue weighted by atomic mass is 35.5. The second-order valence-electron chi connectivity index (χ2n) is 8.96. The standard InChI is InChI=1S/C28H37ClN2O4/c1-4-34-25-15-13-21(18-26(25)35-5-2)14-16-27(32)31(19-22-9-8-10-23(29)17-22)20(3)28(33)30-24-11-6-7-12-24/h8-10,13,15,17-18,20,24H,4-7,11-12,14,16,19H2,1-3H3,(H,30,33)/t20-/m0/s1. The minimum atomic E-state index is -0.582. The maximum atomic E-state index is 13.4. The van der Waals surface area contributed by atoms with Crippen LogP contribution in [0, 0.1) is 0 Å². The van der Waals surface area contributed by atoms with Crippen LogP contribution in [0.15, 0.2) is 42.5 Å². The minimum absolute atomic E-state index is 0.0779. The summed E-state index contributed by atoms with van der Waals surface area (Å²) in [6, 6.07) is 12.8. The van der Waals surface area contributed by atoms with Gasteiger partial charge in [0.25, 0.3) is 0 Å². The van der Waals surface area contributed by atoms with E-state index in [2.05, 4.69) is 5.32 Å². The van der Waals surface area contributed by atoms with Crippen molar-refractivity contribution in [3.8, 4) is 11.5 Å². The summed E-state index contributed by atoms with van der Waals surface area (Å²) in [6.45, 7) is 7.07. The van der Waals surface area contributed by atoms with E-state index in [0.29, 0.717) is 42.7 Å². The molecule has 0 heterocycles. The van der Waals surface area contributed by atoms with Crippen molar-refractivity contribution in [2.75, 3.05) is 13.2 Å². The molecule has 1 saturated carbocycles. The van der Waals surface area contributed by atoms with Gasteiger partial charge in [0, 0.05) is 24.0 Å². The fraction of sp³-hybridized carbons (Fsp3) is 0.500. The molecular weight excluding hydrogens is 464 g/mol. The molecule has 2 amide bonds. The first-order valence-corrected chi connectivity index (χ1v) is 13.0. The Kier molecular flexibility index (Phi) is 10.3. The summed E-state index contributed by atoms with van der Waals surface area (Å²) in [4.78, 5) is 28.1.